The van der Waals surface area contributed by atoms with Crippen molar-refractivity contribution in [2.75, 3.05) is 6.54 Å². The molecule has 1 fully saturated rings. The van der Waals surface area contributed by atoms with E-state index in [2.05, 4.69) is 35.6 Å². The number of hydrogen-bond acceptors (Lipinski definition) is 2. The molecule has 0 spiro atoms. The minimum Gasteiger partial charge on any atom is -0.392 e. The molecule has 104 valence electrons. The summed E-state index contributed by atoms with van der Waals surface area (Å²) in [5, 5.41) is 14.5. The van der Waals surface area contributed by atoms with Gasteiger partial charge in [0.05, 0.1) is 6.10 Å². The third kappa shape index (κ3) is 2.54. The highest BCUT2D eigenvalue weighted by Gasteiger charge is 2.44. The summed E-state index contributed by atoms with van der Waals surface area (Å²) < 4.78 is 0. The molecule has 1 amide bonds. The molecule has 0 aromatic heterocycles. The minimum absolute atomic E-state index is 0.0551. The van der Waals surface area contributed by atoms with Crippen LogP contribution in [0.5, 0.6) is 0 Å². The second-order valence-corrected chi connectivity index (χ2v) is 5.61. The van der Waals surface area contributed by atoms with E-state index in [-0.39, 0.29) is 11.8 Å². The van der Waals surface area contributed by atoms with Gasteiger partial charge in [0.1, 0.15) is 0 Å². The van der Waals surface area contributed by atoms with Gasteiger partial charge in [-0.25, -0.2) is 0 Å². The lowest BCUT2D eigenvalue weighted by atomic mass is 10.00. The highest BCUT2D eigenvalue weighted by molar-refractivity contribution is 5.89. The molecule has 1 aliphatic carbocycles. The van der Waals surface area contributed by atoms with Gasteiger partial charge >= 0.3 is 0 Å². The number of rotatable bonds is 4. The van der Waals surface area contributed by atoms with Crippen molar-refractivity contribution in [3.8, 4) is 0 Å². The van der Waals surface area contributed by atoms with Crippen LogP contribution in [-0.2, 0) is 4.79 Å². The first-order chi connectivity index (χ1) is 9.66. The van der Waals surface area contributed by atoms with Crippen LogP contribution in [0.25, 0.3) is 10.8 Å². The normalized spacial score (nSPS) is 22.5. The van der Waals surface area contributed by atoms with Crippen molar-refractivity contribution in [3.63, 3.8) is 0 Å². The molecule has 3 unspecified atom stereocenters. The number of amides is 1. The lowest BCUT2D eigenvalue weighted by Crippen LogP contribution is -2.31. The number of hydrogen-bond donors (Lipinski definition) is 2. The van der Waals surface area contributed by atoms with Gasteiger partial charge in [-0.3, -0.25) is 4.79 Å². The van der Waals surface area contributed by atoms with Crippen LogP contribution in [0.3, 0.4) is 0 Å². The van der Waals surface area contributed by atoms with Gasteiger partial charge in [-0.2, -0.15) is 0 Å². The van der Waals surface area contributed by atoms with Crippen LogP contribution < -0.4 is 5.32 Å². The summed E-state index contributed by atoms with van der Waals surface area (Å²) in [7, 11) is 0. The van der Waals surface area contributed by atoms with Crippen molar-refractivity contribution >= 4 is 16.7 Å². The lowest BCUT2D eigenvalue weighted by molar-refractivity contribution is -0.122. The van der Waals surface area contributed by atoms with Gasteiger partial charge in [-0.05, 0) is 35.6 Å². The Kier molecular flexibility index (Phi) is 3.45. The maximum Gasteiger partial charge on any atom is 0.223 e. The Bertz CT molecular complexity index is 630. The van der Waals surface area contributed by atoms with E-state index in [1.165, 1.54) is 16.3 Å². The van der Waals surface area contributed by atoms with E-state index in [1.54, 1.807) is 6.92 Å². The molecule has 0 bridgehead atoms. The molecule has 1 saturated carbocycles. The Morgan fingerprint density at radius 2 is 2.05 bits per heavy atom. The fourth-order valence-corrected chi connectivity index (χ4v) is 2.78. The third-order valence-corrected chi connectivity index (χ3v) is 3.92. The SMILES string of the molecule is CC(O)CNC(=O)C1CC1c1cccc2ccccc12. The molecule has 3 heteroatoms. The Balaban J connectivity index is 1.76. The number of nitrogens with one attached hydrogen (secondary N) is 1. The largest absolute Gasteiger partial charge is 0.392 e. The summed E-state index contributed by atoms with van der Waals surface area (Å²) in [6.07, 6.45) is 0.410. The first-order valence-corrected chi connectivity index (χ1v) is 7.10. The summed E-state index contributed by atoms with van der Waals surface area (Å²) in [6.45, 7) is 2.01. The van der Waals surface area contributed by atoms with Gasteiger partial charge in [-0.15, -0.1) is 0 Å². The van der Waals surface area contributed by atoms with Crippen molar-refractivity contribution in [2.45, 2.75) is 25.4 Å². The lowest BCUT2D eigenvalue weighted by Gasteiger charge is -2.08. The van der Waals surface area contributed by atoms with Gasteiger partial charge < -0.3 is 10.4 Å². The molecule has 0 radical (unpaired) electrons. The summed E-state index contributed by atoms with van der Waals surface area (Å²) in [5.41, 5.74) is 1.26. The van der Waals surface area contributed by atoms with Gasteiger partial charge in [0.15, 0.2) is 0 Å². The molecule has 20 heavy (non-hydrogen) atoms. The molecule has 3 atom stereocenters. The second-order valence-electron chi connectivity index (χ2n) is 5.61. The molecular weight excluding hydrogens is 250 g/mol. The van der Waals surface area contributed by atoms with Gasteiger partial charge in [-0.1, -0.05) is 42.5 Å². The average Bonchev–Trinajstić information content (AvgIpc) is 3.24. The van der Waals surface area contributed by atoms with E-state index in [9.17, 15) is 9.90 Å². The molecule has 2 N–H and O–H groups in total. The maximum atomic E-state index is 12.0. The third-order valence-electron chi connectivity index (χ3n) is 3.92. The fourth-order valence-electron chi connectivity index (χ4n) is 2.78. The zero-order valence-electron chi connectivity index (χ0n) is 11.5. The molecule has 2 aromatic rings. The number of benzene rings is 2. The summed E-state index contributed by atoms with van der Waals surface area (Å²) in [4.78, 5) is 12.0. The zero-order valence-corrected chi connectivity index (χ0v) is 11.5. The topological polar surface area (TPSA) is 49.3 Å². The van der Waals surface area contributed by atoms with Crippen LogP contribution in [0.15, 0.2) is 42.5 Å². The van der Waals surface area contributed by atoms with E-state index in [4.69, 9.17) is 0 Å². The van der Waals surface area contributed by atoms with Crippen LogP contribution in [0.2, 0.25) is 0 Å². The first-order valence-electron chi connectivity index (χ1n) is 7.10. The number of carbonyl (C=O) groups excluding carboxylic acids is 1. The van der Waals surface area contributed by atoms with Gasteiger partial charge in [0.25, 0.3) is 0 Å². The van der Waals surface area contributed by atoms with Gasteiger partial charge in [0.2, 0.25) is 5.91 Å². The fraction of sp³-hybridized carbons (Fsp3) is 0.353. The van der Waals surface area contributed by atoms with Crippen LogP contribution >= 0.6 is 0 Å². The van der Waals surface area contributed by atoms with Crippen LogP contribution in [0.1, 0.15) is 24.8 Å². The molecule has 2 aromatic carbocycles. The molecule has 0 aliphatic heterocycles. The van der Waals surface area contributed by atoms with E-state index < -0.39 is 6.10 Å². The summed E-state index contributed by atoms with van der Waals surface area (Å²) in [6, 6.07) is 14.6. The number of aliphatic hydroxyl groups excluding tert-OH is 1. The standard InChI is InChI=1S/C17H19NO2/c1-11(19)10-18-17(20)16-9-15(16)14-8-4-6-12-5-2-3-7-13(12)14/h2-8,11,15-16,19H,9-10H2,1H3,(H,18,20). The quantitative estimate of drug-likeness (QED) is 0.895. The van der Waals surface area contributed by atoms with Crippen LogP contribution in [-0.4, -0.2) is 23.7 Å². The van der Waals surface area contributed by atoms with E-state index in [0.29, 0.717) is 12.5 Å². The van der Waals surface area contributed by atoms with Crippen molar-refractivity contribution in [1.29, 1.82) is 0 Å². The summed E-state index contributed by atoms with van der Waals surface area (Å²) >= 11 is 0. The van der Waals surface area contributed by atoms with Crippen molar-refractivity contribution < 1.29 is 9.90 Å². The maximum absolute atomic E-state index is 12.0. The minimum atomic E-state index is -0.492. The number of fused-ring (bicyclic) bond motifs is 1. The van der Waals surface area contributed by atoms with E-state index in [1.807, 2.05) is 12.1 Å². The second kappa shape index (κ2) is 5.25. The number of aliphatic hydroxyl groups is 1. The smallest absolute Gasteiger partial charge is 0.223 e. The molecule has 0 saturated heterocycles. The number of carbonyl (C=O) groups is 1. The van der Waals surface area contributed by atoms with Crippen LogP contribution in [0.4, 0.5) is 0 Å². The Morgan fingerprint density at radius 1 is 1.30 bits per heavy atom. The first kappa shape index (κ1) is 13.1. The van der Waals surface area contributed by atoms with Crippen molar-refractivity contribution in [1.82, 2.24) is 5.32 Å². The molecule has 3 nitrogen and oxygen atoms in total. The average molecular weight is 269 g/mol. The van der Waals surface area contributed by atoms with Crippen molar-refractivity contribution in [2.24, 2.45) is 5.92 Å². The Labute approximate surface area is 118 Å². The monoisotopic (exact) mass is 269 g/mol. The van der Waals surface area contributed by atoms with Crippen molar-refractivity contribution in [3.05, 3.63) is 48.0 Å². The van der Waals surface area contributed by atoms with E-state index >= 15 is 0 Å². The van der Waals surface area contributed by atoms with Crippen LogP contribution in [0, 0.1) is 5.92 Å². The molecule has 3 rings (SSSR count). The predicted molar refractivity (Wildman–Crippen MR) is 79.5 cm³/mol. The predicted octanol–water partition coefficient (Wildman–Crippen LogP) is 2.44. The highest BCUT2D eigenvalue weighted by Crippen LogP contribution is 2.49. The summed E-state index contributed by atoms with van der Waals surface area (Å²) in [5.74, 6) is 0.429. The zero-order chi connectivity index (χ0) is 14.1. The molecular formula is C17H19NO2. The molecule has 1 aliphatic rings. The molecule has 0 heterocycles. The Hall–Kier alpha value is -1.87. The Morgan fingerprint density at radius 3 is 2.85 bits per heavy atom. The highest BCUT2D eigenvalue weighted by atomic mass is 16.3. The van der Waals surface area contributed by atoms with Gasteiger partial charge in [0, 0.05) is 12.5 Å². The van der Waals surface area contributed by atoms with E-state index in [0.717, 1.165) is 6.42 Å².